The summed E-state index contributed by atoms with van der Waals surface area (Å²) in [4.78, 5) is 14.6. The van der Waals surface area contributed by atoms with Crippen molar-refractivity contribution in [3.05, 3.63) is 29.2 Å². The van der Waals surface area contributed by atoms with E-state index in [0.29, 0.717) is 23.2 Å². The number of anilines is 1. The van der Waals surface area contributed by atoms with Crippen molar-refractivity contribution in [3.8, 4) is 0 Å². The Morgan fingerprint density at radius 1 is 1.15 bits per heavy atom. The van der Waals surface area contributed by atoms with Crippen LogP contribution in [-0.4, -0.2) is 53.4 Å². The second kappa shape index (κ2) is 5.82. The van der Waals surface area contributed by atoms with Crippen molar-refractivity contribution in [2.45, 2.75) is 26.2 Å². The van der Waals surface area contributed by atoms with Crippen LogP contribution in [0.2, 0.25) is 0 Å². The SMILES string of the molecule is Cc1ncc(C)n2nc(/C=C/c3nc(N4CCC(F)(F)C4)nn3C)nc12. The van der Waals surface area contributed by atoms with Crippen LogP contribution in [0.15, 0.2) is 6.20 Å². The number of halogens is 2. The lowest BCUT2D eigenvalue weighted by Crippen LogP contribution is -2.25. The van der Waals surface area contributed by atoms with E-state index < -0.39 is 5.92 Å². The van der Waals surface area contributed by atoms with Gasteiger partial charge in [-0.15, -0.1) is 10.2 Å². The third-order valence-electron chi connectivity index (χ3n) is 4.35. The maximum atomic E-state index is 13.4. The molecule has 4 rings (SSSR count). The smallest absolute Gasteiger partial charge is 0.267 e. The Kier molecular flexibility index (Phi) is 3.70. The van der Waals surface area contributed by atoms with E-state index in [1.54, 1.807) is 34.6 Å². The minimum absolute atomic E-state index is 0.172. The van der Waals surface area contributed by atoms with Gasteiger partial charge in [0.1, 0.15) is 0 Å². The van der Waals surface area contributed by atoms with Crippen molar-refractivity contribution in [2.75, 3.05) is 18.0 Å². The molecule has 1 saturated heterocycles. The summed E-state index contributed by atoms with van der Waals surface area (Å²) in [7, 11) is 1.72. The number of aryl methyl sites for hydroxylation is 3. The molecule has 136 valence electrons. The minimum atomic E-state index is -2.68. The Labute approximate surface area is 148 Å². The number of rotatable bonds is 3. The Bertz CT molecular complexity index is 964. The third-order valence-corrected chi connectivity index (χ3v) is 4.35. The van der Waals surface area contributed by atoms with Gasteiger partial charge in [0.2, 0.25) is 5.95 Å². The van der Waals surface area contributed by atoms with E-state index in [0.717, 1.165) is 11.4 Å². The molecule has 1 aliphatic rings. The van der Waals surface area contributed by atoms with Gasteiger partial charge in [0.25, 0.3) is 5.92 Å². The molecule has 0 unspecified atom stereocenters. The zero-order valence-corrected chi connectivity index (χ0v) is 14.7. The third kappa shape index (κ3) is 2.91. The Morgan fingerprint density at radius 2 is 1.96 bits per heavy atom. The summed E-state index contributed by atoms with van der Waals surface area (Å²) >= 11 is 0. The summed E-state index contributed by atoms with van der Waals surface area (Å²) in [5.74, 6) is -1.32. The largest absolute Gasteiger partial charge is 0.333 e. The molecular weight excluding hydrogens is 342 g/mol. The van der Waals surface area contributed by atoms with Crippen LogP contribution in [0.5, 0.6) is 0 Å². The standard InChI is InChI=1S/C16H18F2N8/c1-10-8-19-11(2)14-20-12(22-26(10)14)4-5-13-21-15(23-24(13)3)25-7-6-16(17,18)9-25/h4-5,8H,6-7,9H2,1-3H3/b5-4+. The molecule has 0 radical (unpaired) electrons. The maximum absolute atomic E-state index is 13.4. The summed E-state index contributed by atoms with van der Waals surface area (Å²) in [6.07, 6.45) is 5.01. The lowest BCUT2D eigenvalue weighted by atomic mass is 10.3. The first-order valence-electron chi connectivity index (χ1n) is 8.23. The van der Waals surface area contributed by atoms with Gasteiger partial charge in [0.15, 0.2) is 17.3 Å². The van der Waals surface area contributed by atoms with Gasteiger partial charge in [-0.3, -0.25) is 4.98 Å². The van der Waals surface area contributed by atoms with Gasteiger partial charge in [0, 0.05) is 26.2 Å². The lowest BCUT2D eigenvalue weighted by Gasteiger charge is -2.12. The van der Waals surface area contributed by atoms with Crippen molar-refractivity contribution in [1.82, 2.24) is 34.3 Å². The van der Waals surface area contributed by atoms with E-state index in [9.17, 15) is 8.78 Å². The molecule has 0 saturated carbocycles. The minimum Gasteiger partial charge on any atom is -0.333 e. The van der Waals surface area contributed by atoms with Crippen molar-refractivity contribution >= 4 is 23.7 Å². The molecule has 4 heterocycles. The fraction of sp³-hybridized carbons (Fsp3) is 0.438. The van der Waals surface area contributed by atoms with Crippen LogP contribution in [0.25, 0.3) is 17.8 Å². The maximum Gasteiger partial charge on any atom is 0.267 e. The molecule has 0 bridgehead atoms. The van der Waals surface area contributed by atoms with E-state index >= 15 is 0 Å². The van der Waals surface area contributed by atoms with Crippen LogP contribution in [0.3, 0.4) is 0 Å². The molecule has 0 amide bonds. The fourth-order valence-corrected chi connectivity index (χ4v) is 2.90. The Balaban J connectivity index is 1.60. The Morgan fingerprint density at radius 3 is 2.65 bits per heavy atom. The number of hydrogen-bond acceptors (Lipinski definition) is 6. The van der Waals surface area contributed by atoms with Crippen LogP contribution in [0.1, 0.15) is 29.5 Å². The molecule has 26 heavy (non-hydrogen) atoms. The highest BCUT2D eigenvalue weighted by Gasteiger charge is 2.39. The number of aromatic nitrogens is 7. The van der Waals surface area contributed by atoms with E-state index in [4.69, 9.17) is 0 Å². The molecular formula is C16H18F2N8. The molecule has 1 aliphatic heterocycles. The highest BCUT2D eigenvalue weighted by Crippen LogP contribution is 2.29. The summed E-state index contributed by atoms with van der Waals surface area (Å²) in [6, 6.07) is 0. The topological polar surface area (TPSA) is 77.0 Å². The molecule has 0 aromatic carbocycles. The molecule has 0 N–H and O–H groups in total. The molecule has 0 spiro atoms. The molecule has 1 fully saturated rings. The monoisotopic (exact) mass is 360 g/mol. The van der Waals surface area contributed by atoms with Crippen molar-refractivity contribution in [2.24, 2.45) is 7.05 Å². The number of hydrogen-bond donors (Lipinski definition) is 0. The molecule has 0 aliphatic carbocycles. The van der Waals surface area contributed by atoms with Gasteiger partial charge in [0.05, 0.1) is 17.9 Å². The quantitative estimate of drug-likeness (QED) is 0.710. The van der Waals surface area contributed by atoms with Gasteiger partial charge >= 0.3 is 0 Å². The van der Waals surface area contributed by atoms with Crippen LogP contribution in [0, 0.1) is 13.8 Å². The average Bonchev–Trinajstić information content (AvgIpc) is 3.26. The molecule has 8 nitrogen and oxygen atoms in total. The highest BCUT2D eigenvalue weighted by atomic mass is 19.3. The van der Waals surface area contributed by atoms with E-state index in [2.05, 4.69) is 25.1 Å². The van der Waals surface area contributed by atoms with Crippen molar-refractivity contribution in [3.63, 3.8) is 0 Å². The Hall–Kier alpha value is -2.91. The number of alkyl halides is 2. The van der Waals surface area contributed by atoms with Gasteiger partial charge in [-0.2, -0.15) is 4.98 Å². The molecule has 3 aromatic rings. The highest BCUT2D eigenvalue weighted by molar-refractivity contribution is 5.65. The van der Waals surface area contributed by atoms with Crippen LogP contribution in [-0.2, 0) is 7.05 Å². The fourth-order valence-electron chi connectivity index (χ4n) is 2.90. The van der Waals surface area contributed by atoms with E-state index in [1.807, 2.05) is 13.8 Å². The summed E-state index contributed by atoms with van der Waals surface area (Å²) in [6.45, 7) is 3.68. The van der Waals surface area contributed by atoms with Gasteiger partial charge in [-0.1, -0.05) is 0 Å². The first kappa shape index (κ1) is 16.6. The average molecular weight is 360 g/mol. The zero-order valence-electron chi connectivity index (χ0n) is 14.7. The molecule has 10 heteroatoms. The first-order valence-corrected chi connectivity index (χ1v) is 8.23. The van der Waals surface area contributed by atoms with Crippen LogP contribution in [0.4, 0.5) is 14.7 Å². The molecule has 0 atom stereocenters. The number of fused-ring (bicyclic) bond motifs is 1. The number of nitrogens with zero attached hydrogens (tertiary/aromatic N) is 8. The van der Waals surface area contributed by atoms with Crippen molar-refractivity contribution < 1.29 is 8.78 Å². The van der Waals surface area contributed by atoms with Gasteiger partial charge in [-0.25, -0.2) is 23.0 Å². The van der Waals surface area contributed by atoms with Gasteiger partial charge < -0.3 is 4.90 Å². The molecule has 3 aromatic heterocycles. The zero-order chi connectivity index (χ0) is 18.5. The summed E-state index contributed by atoms with van der Waals surface area (Å²) in [5, 5.41) is 8.67. The van der Waals surface area contributed by atoms with Gasteiger partial charge in [-0.05, 0) is 26.0 Å². The second-order valence-corrected chi connectivity index (χ2v) is 6.44. The summed E-state index contributed by atoms with van der Waals surface area (Å²) in [5.41, 5.74) is 2.37. The van der Waals surface area contributed by atoms with E-state index in [-0.39, 0.29) is 19.5 Å². The van der Waals surface area contributed by atoms with Crippen molar-refractivity contribution in [1.29, 1.82) is 0 Å². The normalized spacial score (nSPS) is 17.0. The second-order valence-electron chi connectivity index (χ2n) is 6.44. The van der Waals surface area contributed by atoms with E-state index in [1.165, 1.54) is 4.90 Å². The first-order chi connectivity index (χ1) is 12.3. The summed E-state index contributed by atoms with van der Waals surface area (Å²) < 4.78 is 30.0. The predicted octanol–water partition coefficient (Wildman–Crippen LogP) is 1.89. The predicted molar refractivity (Wildman–Crippen MR) is 92.0 cm³/mol. The lowest BCUT2D eigenvalue weighted by molar-refractivity contribution is 0.0256. The van der Waals surface area contributed by atoms with Crippen LogP contribution < -0.4 is 4.90 Å². The van der Waals surface area contributed by atoms with Crippen LogP contribution >= 0.6 is 0 Å².